The number of halogens is 1. The second-order valence-corrected chi connectivity index (χ2v) is 8.71. The molecule has 1 saturated heterocycles. The average Bonchev–Trinajstić information content (AvgIpc) is 3.20. The molecule has 2 aliphatic heterocycles. The lowest BCUT2D eigenvalue weighted by Gasteiger charge is -2.26. The standard InChI is InChI=1S/C24H26FN7O5/c1-11-21-16(31-24(26)28-11)6-15(30-23(21)32-37-10-19-22(34)18(33)9-36-19)13-4-3-12(25)5-14(13)17-7-27-8-20(29-17)35-2/h3-5,7-8,15,18-19,22,33-34H,6,9-10H2,1-2H3,(H,30,32)(H2,26,28,31)/t15-,18?,19?,22?/m1/s1. The number of aryl methyl sites for hydroxylation is 1. The van der Waals surface area contributed by atoms with Crippen LogP contribution in [0.2, 0.25) is 0 Å². The van der Waals surface area contributed by atoms with Crippen LogP contribution in [-0.4, -0.2) is 74.6 Å². The van der Waals surface area contributed by atoms with Crippen LogP contribution < -0.4 is 16.0 Å². The molecule has 4 heterocycles. The number of aliphatic imine (C=N–C) groups is 1. The Bertz CT molecular complexity index is 1340. The van der Waals surface area contributed by atoms with Gasteiger partial charge in [-0.25, -0.2) is 24.8 Å². The zero-order valence-corrected chi connectivity index (χ0v) is 20.1. The van der Waals surface area contributed by atoms with Gasteiger partial charge < -0.3 is 25.4 Å². The molecule has 0 amide bonds. The summed E-state index contributed by atoms with van der Waals surface area (Å²) in [5.41, 5.74) is 12.2. The molecule has 37 heavy (non-hydrogen) atoms. The van der Waals surface area contributed by atoms with Gasteiger partial charge in [0.05, 0.1) is 54.8 Å². The number of nitrogens with zero attached hydrogens (tertiary/aromatic N) is 5. The number of aromatic nitrogens is 4. The third-order valence-corrected chi connectivity index (χ3v) is 6.24. The Labute approximate surface area is 211 Å². The number of anilines is 1. The molecule has 2 aliphatic rings. The predicted octanol–water partition coefficient (Wildman–Crippen LogP) is 0.658. The highest BCUT2D eigenvalue weighted by atomic mass is 19.1. The van der Waals surface area contributed by atoms with Crippen molar-refractivity contribution in [2.75, 3.05) is 26.1 Å². The average molecular weight is 512 g/mol. The van der Waals surface area contributed by atoms with Crippen molar-refractivity contribution in [3.8, 4) is 17.1 Å². The number of rotatable bonds is 6. The smallest absolute Gasteiger partial charge is 0.232 e. The minimum Gasteiger partial charge on any atom is -0.480 e. The van der Waals surface area contributed by atoms with Crippen molar-refractivity contribution in [1.82, 2.24) is 25.4 Å². The molecule has 0 spiro atoms. The minimum absolute atomic E-state index is 0.0216. The maximum atomic E-state index is 14.3. The number of methoxy groups -OCH3 is 1. The molecule has 0 aliphatic carbocycles. The van der Waals surface area contributed by atoms with Crippen molar-refractivity contribution in [2.45, 2.75) is 37.7 Å². The van der Waals surface area contributed by atoms with E-state index in [1.54, 1.807) is 13.0 Å². The maximum Gasteiger partial charge on any atom is 0.232 e. The van der Waals surface area contributed by atoms with Gasteiger partial charge in [0, 0.05) is 12.0 Å². The number of nitrogens with one attached hydrogen (secondary N) is 1. The number of benzene rings is 1. The molecule has 5 rings (SSSR count). The summed E-state index contributed by atoms with van der Waals surface area (Å²) < 4.78 is 24.9. The predicted molar refractivity (Wildman–Crippen MR) is 129 cm³/mol. The van der Waals surface area contributed by atoms with Crippen LogP contribution >= 0.6 is 0 Å². The van der Waals surface area contributed by atoms with E-state index in [0.717, 1.165) is 0 Å². The van der Waals surface area contributed by atoms with E-state index in [0.29, 0.717) is 51.9 Å². The molecule has 4 atom stereocenters. The Morgan fingerprint density at radius 1 is 1.22 bits per heavy atom. The van der Waals surface area contributed by atoms with Crippen molar-refractivity contribution in [2.24, 2.45) is 4.99 Å². The third-order valence-electron chi connectivity index (χ3n) is 6.24. The molecule has 194 valence electrons. The third kappa shape index (κ3) is 5.06. The van der Waals surface area contributed by atoms with Crippen molar-refractivity contribution in [3.05, 3.63) is 58.9 Å². The number of hydrogen-bond donors (Lipinski definition) is 4. The fourth-order valence-electron chi connectivity index (χ4n) is 4.44. The molecule has 1 aromatic carbocycles. The molecule has 3 aromatic rings. The Kier molecular flexibility index (Phi) is 6.93. The van der Waals surface area contributed by atoms with E-state index in [1.807, 2.05) is 0 Å². The highest BCUT2D eigenvalue weighted by Gasteiger charge is 2.35. The lowest BCUT2D eigenvalue weighted by Crippen LogP contribution is -2.38. The molecule has 3 unspecified atom stereocenters. The summed E-state index contributed by atoms with van der Waals surface area (Å²) in [6, 6.07) is 3.86. The van der Waals surface area contributed by atoms with Gasteiger partial charge in [-0.1, -0.05) is 6.07 Å². The number of nitrogen functional groups attached to an aromatic ring is 1. The Balaban J connectivity index is 1.50. The van der Waals surface area contributed by atoms with E-state index >= 15 is 0 Å². The van der Waals surface area contributed by atoms with Crippen LogP contribution in [-0.2, 0) is 16.0 Å². The van der Waals surface area contributed by atoms with E-state index in [-0.39, 0.29) is 19.2 Å². The van der Waals surface area contributed by atoms with Crippen LogP contribution in [0.15, 0.2) is 35.6 Å². The normalized spacial score (nSPS) is 22.9. The van der Waals surface area contributed by atoms with E-state index < -0.39 is 30.2 Å². The highest BCUT2D eigenvalue weighted by molar-refractivity contribution is 6.01. The lowest BCUT2D eigenvalue weighted by molar-refractivity contribution is -0.0457. The molecule has 1 fully saturated rings. The zero-order chi connectivity index (χ0) is 26.1. The van der Waals surface area contributed by atoms with Gasteiger partial charge in [0.15, 0.2) is 5.84 Å². The van der Waals surface area contributed by atoms with E-state index in [4.69, 9.17) is 25.0 Å². The first-order valence-corrected chi connectivity index (χ1v) is 11.6. The maximum absolute atomic E-state index is 14.3. The van der Waals surface area contributed by atoms with Gasteiger partial charge in [0.2, 0.25) is 11.8 Å². The van der Waals surface area contributed by atoms with Gasteiger partial charge >= 0.3 is 0 Å². The molecule has 5 N–H and O–H groups in total. The number of hydrogen-bond acceptors (Lipinski definition) is 12. The number of aliphatic hydroxyl groups excluding tert-OH is 2. The number of hydroxylamine groups is 1. The van der Waals surface area contributed by atoms with E-state index in [2.05, 4.69) is 25.4 Å². The van der Waals surface area contributed by atoms with Gasteiger partial charge in [-0.15, -0.1) is 0 Å². The molecular weight excluding hydrogens is 485 g/mol. The first kappa shape index (κ1) is 24.9. The monoisotopic (exact) mass is 511 g/mol. The molecule has 0 saturated carbocycles. The number of aliphatic hydroxyl groups is 2. The fourth-order valence-corrected chi connectivity index (χ4v) is 4.44. The summed E-state index contributed by atoms with van der Waals surface area (Å²) >= 11 is 0. The van der Waals surface area contributed by atoms with E-state index in [1.165, 1.54) is 31.6 Å². The van der Waals surface area contributed by atoms with Crippen LogP contribution in [0, 0.1) is 12.7 Å². The second kappa shape index (κ2) is 10.3. The van der Waals surface area contributed by atoms with Crippen LogP contribution in [0.4, 0.5) is 10.3 Å². The van der Waals surface area contributed by atoms with Gasteiger partial charge in [-0.2, -0.15) is 0 Å². The van der Waals surface area contributed by atoms with Crippen LogP contribution in [0.25, 0.3) is 11.3 Å². The number of ether oxygens (including phenoxy) is 2. The molecule has 0 bridgehead atoms. The Morgan fingerprint density at radius 2 is 2.05 bits per heavy atom. The fraction of sp³-hybridized carbons (Fsp3) is 0.375. The van der Waals surface area contributed by atoms with E-state index in [9.17, 15) is 14.6 Å². The summed E-state index contributed by atoms with van der Waals surface area (Å²) in [6.07, 6.45) is 0.604. The van der Waals surface area contributed by atoms with Gasteiger partial charge in [0.25, 0.3) is 0 Å². The minimum atomic E-state index is -1.06. The van der Waals surface area contributed by atoms with Crippen LogP contribution in [0.3, 0.4) is 0 Å². The molecule has 0 radical (unpaired) electrons. The zero-order valence-electron chi connectivity index (χ0n) is 20.1. The van der Waals surface area contributed by atoms with Crippen LogP contribution in [0.1, 0.15) is 28.6 Å². The summed E-state index contributed by atoms with van der Waals surface area (Å²) in [7, 11) is 1.48. The van der Waals surface area contributed by atoms with Gasteiger partial charge in [-0.3, -0.25) is 14.8 Å². The van der Waals surface area contributed by atoms with Crippen LogP contribution in [0.5, 0.6) is 5.88 Å². The van der Waals surface area contributed by atoms with Gasteiger partial charge in [0.1, 0.15) is 30.7 Å². The number of amidine groups is 1. The largest absolute Gasteiger partial charge is 0.480 e. The summed E-state index contributed by atoms with van der Waals surface area (Å²) in [6.45, 7) is 1.75. The second-order valence-electron chi connectivity index (χ2n) is 8.71. The summed E-state index contributed by atoms with van der Waals surface area (Å²) in [4.78, 5) is 27.7. The first-order chi connectivity index (χ1) is 17.8. The quantitative estimate of drug-likeness (QED) is 0.343. The van der Waals surface area contributed by atoms with Crippen molar-refractivity contribution in [3.63, 3.8) is 0 Å². The van der Waals surface area contributed by atoms with Crippen molar-refractivity contribution in [1.29, 1.82) is 0 Å². The summed E-state index contributed by atoms with van der Waals surface area (Å²) in [5, 5.41) is 19.7. The Morgan fingerprint density at radius 3 is 2.81 bits per heavy atom. The highest BCUT2D eigenvalue weighted by Crippen LogP contribution is 2.36. The lowest BCUT2D eigenvalue weighted by atomic mass is 9.91. The number of fused-ring (bicyclic) bond motifs is 1. The van der Waals surface area contributed by atoms with Gasteiger partial charge in [-0.05, 0) is 24.6 Å². The van der Waals surface area contributed by atoms with Crippen molar-refractivity contribution < 1.29 is 28.9 Å². The SMILES string of the molecule is COc1cncc(-c2cc(F)ccc2[C@H]2Cc3nc(N)nc(C)c3C(NOCC3OCC(O)C3O)=N2)n1. The molecular formula is C24H26FN7O5. The first-order valence-electron chi connectivity index (χ1n) is 11.6. The topological polar surface area (TPSA) is 170 Å². The summed E-state index contributed by atoms with van der Waals surface area (Å²) in [5.74, 6) is 0.305. The molecule has 12 nitrogen and oxygen atoms in total. The van der Waals surface area contributed by atoms with Crippen molar-refractivity contribution >= 4 is 11.8 Å². The molecule has 13 heteroatoms. The Hall–Kier alpha value is -3.78. The molecule has 2 aromatic heterocycles. The number of nitrogens with two attached hydrogens (primary N) is 1.